The zero-order valence-corrected chi connectivity index (χ0v) is 13.1. The molecule has 0 bridgehead atoms. The quantitative estimate of drug-likeness (QED) is 0.786. The molecule has 0 saturated carbocycles. The number of nitrogens with zero attached hydrogens (tertiary/aromatic N) is 2. The summed E-state index contributed by atoms with van der Waals surface area (Å²) >= 11 is 7.64. The van der Waals surface area contributed by atoms with Gasteiger partial charge < -0.3 is 9.42 Å². The van der Waals surface area contributed by atoms with Crippen LogP contribution < -0.4 is 4.90 Å². The minimum absolute atomic E-state index is 0.602. The monoisotopic (exact) mass is 320 g/mol. The van der Waals surface area contributed by atoms with E-state index in [2.05, 4.69) is 34.7 Å². The lowest BCUT2D eigenvalue weighted by atomic mass is 10.2. The summed E-state index contributed by atoms with van der Waals surface area (Å²) in [5.74, 6) is 1.25. The number of hydrogen-bond acceptors (Lipinski definition) is 4. The van der Waals surface area contributed by atoms with Crippen LogP contribution in [0.5, 0.6) is 0 Å². The fourth-order valence-electron chi connectivity index (χ4n) is 2.07. The second-order valence-electron chi connectivity index (χ2n) is 4.91. The van der Waals surface area contributed by atoms with Gasteiger partial charge in [-0.1, -0.05) is 22.8 Å². The SMILES string of the molecule is C[NH+](Cc1nc(-c2ccc(Cl)cc2)no1)Cc1cccs1. The zero-order chi connectivity index (χ0) is 14.7. The maximum Gasteiger partial charge on any atom is 0.282 e. The van der Waals surface area contributed by atoms with Gasteiger partial charge in [-0.3, -0.25) is 0 Å². The molecule has 2 heterocycles. The summed E-state index contributed by atoms with van der Waals surface area (Å²) in [5, 5.41) is 6.81. The van der Waals surface area contributed by atoms with E-state index in [1.54, 1.807) is 11.3 Å². The number of hydrogen-bond donors (Lipinski definition) is 1. The molecule has 1 aromatic carbocycles. The molecule has 3 aromatic rings. The smallest absolute Gasteiger partial charge is 0.282 e. The van der Waals surface area contributed by atoms with E-state index in [0.717, 1.165) is 12.1 Å². The van der Waals surface area contributed by atoms with E-state index in [1.165, 1.54) is 9.78 Å². The summed E-state index contributed by atoms with van der Waals surface area (Å²) in [6.07, 6.45) is 0. The Labute approximate surface area is 132 Å². The molecule has 1 N–H and O–H groups in total. The van der Waals surface area contributed by atoms with Gasteiger partial charge in [0.15, 0.2) is 6.54 Å². The first-order chi connectivity index (χ1) is 10.2. The molecular formula is C15H15ClN3OS+. The predicted molar refractivity (Wildman–Crippen MR) is 83.4 cm³/mol. The van der Waals surface area contributed by atoms with Crippen LogP contribution in [0.3, 0.4) is 0 Å². The molecular weight excluding hydrogens is 306 g/mol. The van der Waals surface area contributed by atoms with Crippen LogP contribution in [-0.4, -0.2) is 17.2 Å². The Bertz CT molecular complexity index is 694. The minimum Gasteiger partial charge on any atom is -0.333 e. The molecule has 0 spiro atoms. The fourth-order valence-corrected chi connectivity index (χ4v) is 3.02. The third-order valence-electron chi connectivity index (χ3n) is 3.08. The third kappa shape index (κ3) is 3.69. The van der Waals surface area contributed by atoms with Gasteiger partial charge in [0.1, 0.15) is 6.54 Å². The summed E-state index contributed by atoms with van der Waals surface area (Å²) in [4.78, 5) is 7.10. The molecule has 0 radical (unpaired) electrons. The lowest BCUT2D eigenvalue weighted by Gasteiger charge is -2.09. The Balaban J connectivity index is 1.66. The van der Waals surface area contributed by atoms with Crippen LogP contribution in [0, 0.1) is 0 Å². The highest BCUT2D eigenvalue weighted by atomic mass is 35.5. The van der Waals surface area contributed by atoms with Crippen LogP contribution in [-0.2, 0) is 13.1 Å². The van der Waals surface area contributed by atoms with Crippen molar-refractivity contribution in [1.82, 2.24) is 10.1 Å². The molecule has 0 saturated heterocycles. The van der Waals surface area contributed by atoms with Crippen molar-refractivity contribution in [3.63, 3.8) is 0 Å². The van der Waals surface area contributed by atoms with Gasteiger partial charge in [-0.05, 0) is 35.7 Å². The molecule has 0 aliphatic carbocycles. The van der Waals surface area contributed by atoms with Crippen molar-refractivity contribution in [3.05, 3.63) is 57.6 Å². The van der Waals surface area contributed by atoms with Crippen molar-refractivity contribution in [2.75, 3.05) is 7.05 Å². The van der Waals surface area contributed by atoms with E-state index in [4.69, 9.17) is 16.1 Å². The average Bonchev–Trinajstić information content (AvgIpc) is 3.11. The highest BCUT2D eigenvalue weighted by Gasteiger charge is 2.13. The topological polar surface area (TPSA) is 43.4 Å². The largest absolute Gasteiger partial charge is 0.333 e. The lowest BCUT2D eigenvalue weighted by molar-refractivity contribution is -0.908. The first-order valence-corrected chi connectivity index (χ1v) is 7.88. The highest BCUT2D eigenvalue weighted by Crippen LogP contribution is 2.18. The fraction of sp³-hybridized carbons (Fsp3) is 0.200. The van der Waals surface area contributed by atoms with Crippen LogP contribution in [0.25, 0.3) is 11.4 Å². The molecule has 0 amide bonds. The van der Waals surface area contributed by atoms with Gasteiger partial charge >= 0.3 is 0 Å². The third-order valence-corrected chi connectivity index (χ3v) is 4.21. The molecule has 0 fully saturated rings. The van der Waals surface area contributed by atoms with Crippen molar-refractivity contribution >= 4 is 22.9 Å². The number of thiophene rings is 1. The molecule has 4 nitrogen and oxygen atoms in total. The molecule has 0 aliphatic rings. The van der Waals surface area contributed by atoms with Gasteiger partial charge in [-0.25, -0.2) is 0 Å². The molecule has 0 aliphatic heterocycles. The molecule has 3 rings (SSSR count). The lowest BCUT2D eigenvalue weighted by Crippen LogP contribution is -3.06. The van der Waals surface area contributed by atoms with Crippen LogP contribution in [0.15, 0.2) is 46.3 Å². The van der Waals surface area contributed by atoms with Crippen LogP contribution in [0.1, 0.15) is 10.8 Å². The van der Waals surface area contributed by atoms with Crippen molar-refractivity contribution < 1.29 is 9.42 Å². The summed E-state index contributed by atoms with van der Waals surface area (Å²) in [6, 6.07) is 11.6. The number of rotatable bonds is 5. The van der Waals surface area contributed by atoms with Crippen molar-refractivity contribution in [3.8, 4) is 11.4 Å². The van der Waals surface area contributed by atoms with E-state index < -0.39 is 0 Å². The summed E-state index contributed by atoms with van der Waals surface area (Å²) < 4.78 is 5.33. The number of quaternary nitrogens is 1. The predicted octanol–water partition coefficient (Wildman–Crippen LogP) is 2.67. The second-order valence-corrected chi connectivity index (χ2v) is 6.38. The Kier molecular flexibility index (Phi) is 4.34. The van der Waals surface area contributed by atoms with E-state index in [0.29, 0.717) is 23.3 Å². The number of aromatic nitrogens is 2. The highest BCUT2D eigenvalue weighted by molar-refractivity contribution is 7.09. The van der Waals surface area contributed by atoms with Crippen LogP contribution in [0.2, 0.25) is 5.02 Å². The van der Waals surface area contributed by atoms with Gasteiger partial charge in [0.25, 0.3) is 5.89 Å². The Morgan fingerprint density at radius 2 is 2.00 bits per heavy atom. The van der Waals surface area contributed by atoms with E-state index in [-0.39, 0.29) is 0 Å². The van der Waals surface area contributed by atoms with Crippen molar-refractivity contribution in [1.29, 1.82) is 0 Å². The molecule has 1 atom stereocenters. The normalized spacial score (nSPS) is 12.5. The number of benzene rings is 1. The van der Waals surface area contributed by atoms with E-state index in [9.17, 15) is 0 Å². The summed E-state index contributed by atoms with van der Waals surface area (Å²) in [6.45, 7) is 1.66. The van der Waals surface area contributed by atoms with Gasteiger partial charge in [0.05, 0.1) is 11.9 Å². The standard InChI is InChI=1S/C15H14ClN3OS/c1-19(9-13-3-2-8-21-13)10-14-17-15(18-20-14)11-4-6-12(16)7-5-11/h2-8H,9-10H2,1H3/p+1. The molecule has 108 valence electrons. The molecule has 21 heavy (non-hydrogen) atoms. The summed E-state index contributed by atoms with van der Waals surface area (Å²) in [5.41, 5.74) is 0.908. The summed E-state index contributed by atoms with van der Waals surface area (Å²) in [7, 11) is 2.12. The Morgan fingerprint density at radius 3 is 2.71 bits per heavy atom. The Morgan fingerprint density at radius 1 is 1.19 bits per heavy atom. The van der Waals surface area contributed by atoms with E-state index in [1.807, 2.05) is 24.3 Å². The van der Waals surface area contributed by atoms with Gasteiger partial charge in [-0.2, -0.15) is 4.98 Å². The molecule has 1 unspecified atom stereocenters. The van der Waals surface area contributed by atoms with Gasteiger partial charge in [0.2, 0.25) is 5.82 Å². The zero-order valence-electron chi connectivity index (χ0n) is 11.5. The van der Waals surface area contributed by atoms with Crippen LogP contribution >= 0.6 is 22.9 Å². The van der Waals surface area contributed by atoms with Crippen LogP contribution in [0.4, 0.5) is 0 Å². The average molecular weight is 321 g/mol. The molecule has 6 heteroatoms. The van der Waals surface area contributed by atoms with E-state index >= 15 is 0 Å². The van der Waals surface area contributed by atoms with Gasteiger partial charge in [-0.15, -0.1) is 11.3 Å². The number of nitrogens with one attached hydrogen (secondary N) is 1. The Hall–Kier alpha value is -1.69. The maximum atomic E-state index is 5.87. The minimum atomic E-state index is 0.602. The van der Waals surface area contributed by atoms with Crippen molar-refractivity contribution in [2.45, 2.75) is 13.1 Å². The molecule has 2 aromatic heterocycles. The number of halogens is 1. The first-order valence-electron chi connectivity index (χ1n) is 6.63. The first kappa shape index (κ1) is 14.3. The van der Waals surface area contributed by atoms with Gasteiger partial charge in [0, 0.05) is 10.6 Å². The maximum absolute atomic E-state index is 5.87. The van der Waals surface area contributed by atoms with Crippen molar-refractivity contribution in [2.24, 2.45) is 0 Å². The second kappa shape index (κ2) is 6.39.